The maximum Gasteiger partial charge on any atom is 0.192 e. The summed E-state index contributed by atoms with van der Waals surface area (Å²) in [6.45, 7) is 14.8. The van der Waals surface area contributed by atoms with E-state index >= 15 is 0 Å². The Bertz CT molecular complexity index is 838. The molecule has 0 fully saturated rings. The molecule has 2 rings (SSSR count). The Morgan fingerprint density at radius 3 is 2.10 bits per heavy atom. The molecule has 0 spiro atoms. The van der Waals surface area contributed by atoms with Gasteiger partial charge in [0.15, 0.2) is 8.32 Å². The largest absolute Gasteiger partial charge is 0.497 e. The van der Waals surface area contributed by atoms with E-state index in [0.717, 1.165) is 16.9 Å². The predicted molar refractivity (Wildman–Crippen MR) is 129 cm³/mol. The molecule has 0 N–H and O–H groups in total. The maximum absolute atomic E-state index is 13.5. The molecule has 3 nitrogen and oxygen atoms in total. The fourth-order valence-corrected chi connectivity index (χ4v) is 3.89. The molecule has 2 aromatic carbocycles. The molecule has 0 aliphatic rings. The molecular formula is C26H37FO3Si. The second-order valence-corrected chi connectivity index (χ2v) is 14.5. The molecule has 0 saturated heterocycles. The third-order valence-electron chi connectivity index (χ3n) is 6.17. The standard InChI is InChI=1S/C26H37FO3Si/c1-25(2,3)31(6,7)30-18-8-17-26(4,22-11-13-23(27)14-12-22)20-29-19-21-9-15-24(28-5)16-10-21/h8-17H,18-20H2,1-7H3/b17-8+/t26-/m0/s1. The van der Waals surface area contributed by atoms with Crippen molar-refractivity contribution in [3.63, 3.8) is 0 Å². The van der Waals surface area contributed by atoms with Gasteiger partial charge in [-0.1, -0.05) is 57.2 Å². The van der Waals surface area contributed by atoms with Gasteiger partial charge in [0.25, 0.3) is 0 Å². The first-order valence-electron chi connectivity index (χ1n) is 10.8. The molecule has 0 aliphatic heterocycles. The highest BCUT2D eigenvalue weighted by Crippen LogP contribution is 2.36. The van der Waals surface area contributed by atoms with E-state index in [0.29, 0.717) is 19.8 Å². The van der Waals surface area contributed by atoms with Gasteiger partial charge in [0.05, 0.1) is 26.9 Å². The van der Waals surface area contributed by atoms with Crippen LogP contribution in [-0.4, -0.2) is 28.6 Å². The van der Waals surface area contributed by atoms with E-state index in [1.807, 2.05) is 36.4 Å². The molecule has 31 heavy (non-hydrogen) atoms. The van der Waals surface area contributed by atoms with Crippen LogP contribution in [0.4, 0.5) is 4.39 Å². The summed E-state index contributed by atoms with van der Waals surface area (Å²) in [5.74, 6) is 0.583. The van der Waals surface area contributed by atoms with Crippen molar-refractivity contribution in [2.45, 2.75) is 57.8 Å². The van der Waals surface area contributed by atoms with E-state index in [9.17, 15) is 4.39 Å². The van der Waals surface area contributed by atoms with Gasteiger partial charge in [-0.2, -0.15) is 0 Å². The van der Waals surface area contributed by atoms with Crippen molar-refractivity contribution >= 4 is 8.32 Å². The highest BCUT2D eigenvalue weighted by atomic mass is 28.4. The molecule has 0 aliphatic carbocycles. The lowest BCUT2D eigenvalue weighted by Crippen LogP contribution is -2.40. The SMILES string of the molecule is COc1ccc(COC[C@](C)(/C=C/CO[Si](C)(C)C(C)(C)C)c2ccc(F)cc2)cc1. The first-order chi connectivity index (χ1) is 14.5. The molecule has 1 atom stereocenters. The molecule has 0 radical (unpaired) electrons. The van der Waals surface area contributed by atoms with Crippen LogP contribution in [0.5, 0.6) is 5.75 Å². The highest BCUT2D eigenvalue weighted by Gasteiger charge is 2.36. The number of methoxy groups -OCH3 is 1. The van der Waals surface area contributed by atoms with Gasteiger partial charge in [0.1, 0.15) is 11.6 Å². The molecule has 170 valence electrons. The monoisotopic (exact) mass is 444 g/mol. The average Bonchev–Trinajstić information content (AvgIpc) is 2.71. The van der Waals surface area contributed by atoms with Gasteiger partial charge in [-0.05, 0) is 60.4 Å². The number of benzene rings is 2. The van der Waals surface area contributed by atoms with Crippen LogP contribution in [0, 0.1) is 5.82 Å². The van der Waals surface area contributed by atoms with Gasteiger partial charge < -0.3 is 13.9 Å². The minimum absolute atomic E-state index is 0.169. The Hall–Kier alpha value is -1.95. The maximum atomic E-state index is 13.5. The molecule has 2 aromatic rings. The van der Waals surface area contributed by atoms with Crippen molar-refractivity contribution in [1.29, 1.82) is 0 Å². The number of ether oxygens (including phenoxy) is 2. The van der Waals surface area contributed by atoms with Crippen LogP contribution in [0.25, 0.3) is 0 Å². The lowest BCUT2D eigenvalue weighted by molar-refractivity contribution is 0.0909. The van der Waals surface area contributed by atoms with Crippen molar-refractivity contribution < 1.29 is 18.3 Å². The molecule has 0 amide bonds. The van der Waals surface area contributed by atoms with Gasteiger partial charge in [-0.25, -0.2) is 4.39 Å². The Morgan fingerprint density at radius 1 is 0.935 bits per heavy atom. The number of hydrogen-bond acceptors (Lipinski definition) is 3. The summed E-state index contributed by atoms with van der Waals surface area (Å²) in [4.78, 5) is 0. The topological polar surface area (TPSA) is 27.7 Å². The van der Waals surface area contributed by atoms with Crippen LogP contribution < -0.4 is 4.74 Å². The Balaban J connectivity index is 2.08. The molecule has 0 bridgehead atoms. The van der Waals surface area contributed by atoms with Gasteiger partial charge in [0, 0.05) is 5.41 Å². The second-order valence-electron chi connectivity index (χ2n) is 9.74. The summed E-state index contributed by atoms with van der Waals surface area (Å²) in [5, 5.41) is 0.169. The summed E-state index contributed by atoms with van der Waals surface area (Å²) >= 11 is 0. The van der Waals surface area contributed by atoms with Gasteiger partial charge in [-0.15, -0.1) is 0 Å². The molecule has 0 heterocycles. The third-order valence-corrected chi connectivity index (χ3v) is 10.7. The van der Waals surface area contributed by atoms with E-state index in [4.69, 9.17) is 13.9 Å². The Kier molecular flexibility index (Phi) is 8.63. The van der Waals surface area contributed by atoms with Crippen molar-refractivity contribution in [2.24, 2.45) is 0 Å². The Labute approximate surface area is 188 Å². The van der Waals surface area contributed by atoms with Gasteiger partial charge >= 0.3 is 0 Å². The van der Waals surface area contributed by atoms with Crippen LogP contribution in [0.3, 0.4) is 0 Å². The quantitative estimate of drug-likeness (QED) is 0.295. The zero-order valence-electron chi connectivity index (χ0n) is 20.0. The zero-order chi connectivity index (χ0) is 23.1. The van der Waals surface area contributed by atoms with Crippen molar-refractivity contribution in [3.05, 3.63) is 77.6 Å². The van der Waals surface area contributed by atoms with Crippen molar-refractivity contribution in [3.8, 4) is 5.75 Å². The average molecular weight is 445 g/mol. The summed E-state index contributed by atoms with van der Waals surface area (Å²) < 4.78 is 31.0. The fourth-order valence-electron chi connectivity index (χ4n) is 2.94. The molecule has 0 unspecified atom stereocenters. The fraction of sp³-hybridized carbons (Fsp3) is 0.462. The van der Waals surface area contributed by atoms with E-state index in [1.54, 1.807) is 7.11 Å². The second kappa shape index (κ2) is 10.6. The van der Waals surface area contributed by atoms with E-state index in [-0.39, 0.29) is 10.9 Å². The minimum atomic E-state index is -1.81. The molecule has 5 heteroatoms. The lowest BCUT2D eigenvalue weighted by Gasteiger charge is -2.36. The highest BCUT2D eigenvalue weighted by molar-refractivity contribution is 6.74. The van der Waals surface area contributed by atoms with Crippen LogP contribution in [0.15, 0.2) is 60.7 Å². The predicted octanol–water partition coefficient (Wildman–Crippen LogP) is 6.89. The zero-order valence-corrected chi connectivity index (χ0v) is 21.0. The van der Waals surface area contributed by atoms with Crippen molar-refractivity contribution in [2.75, 3.05) is 20.3 Å². The summed E-state index contributed by atoms with van der Waals surface area (Å²) in [7, 11) is -0.154. The smallest absolute Gasteiger partial charge is 0.192 e. The minimum Gasteiger partial charge on any atom is -0.497 e. The number of halogens is 1. The van der Waals surface area contributed by atoms with Crippen LogP contribution in [0.2, 0.25) is 18.1 Å². The van der Waals surface area contributed by atoms with E-state index in [1.165, 1.54) is 12.1 Å². The molecular weight excluding hydrogens is 407 g/mol. The summed E-state index contributed by atoms with van der Waals surface area (Å²) in [5.41, 5.74) is 1.69. The lowest BCUT2D eigenvalue weighted by atomic mass is 9.83. The normalized spacial score (nSPS) is 14.6. The molecule has 0 aromatic heterocycles. The number of hydrogen-bond donors (Lipinski definition) is 0. The van der Waals surface area contributed by atoms with Gasteiger partial charge in [0.2, 0.25) is 0 Å². The van der Waals surface area contributed by atoms with Crippen LogP contribution in [-0.2, 0) is 21.2 Å². The first-order valence-corrected chi connectivity index (χ1v) is 13.7. The first kappa shape index (κ1) is 25.3. The Morgan fingerprint density at radius 2 is 1.55 bits per heavy atom. The van der Waals surface area contributed by atoms with Crippen LogP contribution >= 0.6 is 0 Å². The molecule has 0 saturated carbocycles. The number of rotatable bonds is 10. The van der Waals surface area contributed by atoms with Gasteiger partial charge in [-0.3, -0.25) is 0 Å². The van der Waals surface area contributed by atoms with E-state index < -0.39 is 13.7 Å². The van der Waals surface area contributed by atoms with E-state index in [2.05, 4.69) is 52.9 Å². The summed E-state index contributed by atoms with van der Waals surface area (Å²) in [6, 6.07) is 14.5. The van der Waals surface area contributed by atoms with Crippen LogP contribution in [0.1, 0.15) is 38.8 Å². The summed E-state index contributed by atoms with van der Waals surface area (Å²) in [6.07, 6.45) is 4.20. The van der Waals surface area contributed by atoms with Crippen molar-refractivity contribution in [1.82, 2.24) is 0 Å². The third kappa shape index (κ3) is 7.30.